The summed E-state index contributed by atoms with van der Waals surface area (Å²) in [5, 5.41) is 0.374. The molecule has 0 fully saturated rings. The van der Waals surface area contributed by atoms with Crippen LogP contribution in [0.25, 0.3) is 0 Å². The normalized spacial score (nSPS) is 11.0. The van der Waals surface area contributed by atoms with Crippen LogP contribution in [-0.4, -0.2) is 40.6 Å². The van der Waals surface area contributed by atoms with Gasteiger partial charge in [-0.25, -0.2) is 13.2 Å². The molecule has 0 aliphatic heterocycles. The number of benzene rings is 2. The van der Waals surface area contributed by atoms with E-state index in [1.54, 1.807) is 13.8 Å². The Morgan fingerprint density at radius 3 is 2.32 bits per heavy atom. The Morgan fingerprint density at radius 2 is 1.75 bits per heavy atom. The lowest BCUT2D eigenvalue weighted by molar-refractivity contribution is -0.138. The Kier molecular flexibility index (Phi) is 7.04. The highest BCUT2D eigenvalue weighted by atomic mass is 35.5. The molecule has 0 saturated carbocycles. The monoisotopic (exact) mass is 425 g/mol. The smallest absolute Gasteiger partial charge is 0.338 e. The minimum atomic E-state index is -4.13. The van der Waals surface area contributed by atoms with E-state index in [2.05, 4.69) is 4.74 Å². The van der Waals surface area contributed by atoms with Crippen molar-refractivity contribution < 1.29 is 27.5 Å². The molecule has 0 atom stereocenters. The summed E-state index contributed by atoms with van der Waals surface area (Å²) in [5.74, 6) is -1.33. The lowest BCUT2D eigenvalue weighted by atomic mass is 10.1. The molecule has 0 aliphatic carbocycles. The van der Waals surface area contributed by atoms with E-state index in [1.807, 2.05) is 0 Å². The van der Waals surface area contributed by atoms with Gasteiger partial charge >= 0.3 is 11.9 Å². The molecule has 2 rings (SSSR count). The van der Waals surface area contributed by atoms with Gasteiger partial charge in [0.05, 0.1) is 29.9 Å². The molecule has 7 nitrogen and oxygen atoms in total. The van der Waals surface area contributed by atoms with Gasteiger partial charge in [-0.1, -0.05) is 17.7 Å². The molecule has 0 aromatic heterocycles. The van der Waals surface area contributed by atoms with E-state index in [0.717, 1.165) is 11.4 Å². The molecule has 2 aromatic rings. The van der Waals surface area contributed by atoms with Crippen molar-refractivity contribution in [1.82, 2.24) is 0 Å². The molecule has 0 bridgehead atoms. The van der Waals surface area contributed by atoms with Crippen molar-refractivity contribution in [2.75, 3.05) is 24.6 Å². The van der Waals surface area contributed by atoms with Crippen LogP contribution >= 0.6 is 11.6 Å². The van der Waals surface area contributed by atoms with Gasteiger partial charge in [0.25, 0.3) is 10.0 Å². The van der Waals surface area contributed by atoms with Crippen molar-refractivity contribution in [3.8, 4) is 0 Å². The van der Waals surface area contributed by atoms with Crippen LogP contribution in [0.2, 0.25) is 5.02 Å². The highest BCUT2D eigenvalue weighted by molar-refractivity contribution is 7.92. The summed E-state index contributed by atoms with van der Waals surface area (Å²) in [6.45, 7) is 2.88. The van der Waals surface area contributed by atoms with Crippen molar-refractivity contribution in [3.05, 3.63) is 58.6 Å². The summed E-state index contributed by atoms with van der Waals surface area (Å²) in [7, 11) is -2.97. The lowest BCUT2D eigenvalue weighted by Crippen LogP contribution is -2.37. The van der Waals surface area contributed by atoms with Crippen LogP contribution in [0.15, 0.2) is 47.4 Å². The van der Waals surface area contributed by atoms with E-state index >= 15 is 0 Å². The molecule has 9 heteroatoms. The number of hydrogen-bond acceptors (Lipinski definition) is 6. The molecule has 2 aromatic carbocycles. The standard InChI is InChI=1S/C19H20ClNO6S/c1-4-27-19(23)16-6-5-7-17(13(16)2)21(12-18(22)26-3)28(24,25)15-10-8-14(20)9-11-15/h5-11H,4,12H2,1-3H3. The van der Waals surface area contributed by atoms with Gasteiger partial charge in [-0.2, -0.15) is 0 Å². The van der Waals surface area contributed by atoms with E-state index in [1.165, 1.54) is 42.5 Å². The topological polar surface area (TPSA) is 90.0 Å². The van der Waals surface area contributed by atoms with Gasteiger partial charge in [0.1, 0.15) is 6.54 Å². The number of rotatable bonds is 7. The Morgan fingerprint density at radius 1 is 1.11 bits per heavy atom. The molecular formula is C19H20ClNO6S. The zero-order chi connectivity index (χ0) is 20.9. The third kappa shape index (κ3) is 4.63. The van der Waals surface area contributed by atoms with Crippen LogP contribution in [0.5, 0.6) is 0 Å². The Hall–Kier alpha value is -2.58. The van der Waals surface area contributed by atoms with Crippen LogP contribution in [0, 0.1) is 6.92 Å². The summed E-state index contributed by atoms with van der Waals surface area (Å²) in [4.78, 5) is 24.0. The Bertz CT molecular complexity index is 972. The summed E-state index contributed by atoms with van der Waals surface area (Å²) in [6.07, 6.45) is 0. The predicted molar refractivity (Wildman–Crippen MR) is 105 cm³/mol. The summed E-state index contributed by atoms with van der Waals surface area (Å²) in [6, 6.07) is 10.1. The second-order valence-electron chi connectivity index (χ2n) is 5.71. The number of hydrogen-bond donors (Lipinski definition) is 0. The second-order valence-corrected chi connectivity index (χ2v) is 8.01. The van der Waals surface area contributed by atoms with Crippen molar-refractivity contribution in [1.29, 1.82) is 0 Å². The first-order chi connectivity index (χ1) is 13.2. The fourth-order valence-corrected chi connectivity index (χ4v) is 4.13. The molecule has 0 spiro atoms. The second kappa shape index (κ2) is 9.07. The molecule has 0 radical (unpaired) electrons. The number of esters is 2. The molecule has 0 amide bonds. The van der Waals surface area contributed by atoms with Crippen molar-refractivity contribution in [2.24, 2.45) is 0 Å². The first-order valence-electron chi connectivity index (χ1n) is 8.34. The molecule has 150 valence electrons. The van der Waals surface area contributed by atoms with Gasteiger partial charge in [0.15, 0.2) is 0 Å². The maximum Gasteiger partial charge on any atom is 0.338 e. The number of carbonyl (C=O) groups is 2. The first-order valence-corrected chi connectivity index (χ1v) is 10.2. The first kappa shape index (κ1) is 21.7. The Labute approximate surface area is 168 Å². The number of methoxy groups -OCH3 is 1. The highest BCUT2D eigenvalue weighted by Gasteiger charge is 2.30. The average Bonchev–Trinajstić information content (AvgIpc) is 2.66. The molecular weight excluding hydrogens is 406 g/mol. The van der Waals surface area contributed by atoms with Gasteiger partial charge in [-0.15, -0.1) is 0 Å². The predicted octanol–water partition coefficient (Wildman–Crippen LogP) is 3.19. The zero-order valence-corrected chi connectivity index (χ0v) is 17.2. The Balaban J connectivity index is 2.61. The van der Waals surface area contributed by atoms with Crippen LogP contribution in [0.1, 0.15) is 22.8 Å². The quantitative estimate of drug-likeness (QED) is 0.633. The van der Waals surface area contributed by atoms with E-state index < -0.39 is 28.5 Å². The van der Waals surface area contributed by atoms with Crippen molar-refractivity contribution in [2.45, 2.75) is 18.7 Å². The van der Waals surface area contributed by atoms with Crippen molar-refractivity contribution in [3.63, 3.8) is 0 Å². The van der Waals surface area contributed by atoms with Gasteiger partial charge in [0.2, 0.25) is 0 Å². The third-order valence-electron chi connectivity index (χ3n) is 3.97. The SMILES string of the molecule is CCOC(=O)c1cccc(N(CC(=O)OC)S(=O)(=O)c2ccc(Cl)cc2)c1C. The fourth-order valence-electron chi connectivity index (χ4n) is 2.54. The van der Waals surface area contributed by atoms with E-state index in [4.69, 9.17) is 16.3 Å². The van der Waals surface area contributed by atoms with Crippen LogP contribution in [-0.2, 0) is 24.3 Å². The van der Waals surface area contributed by atoms with Gasteiger partial charge in [-0.05, 0) is 55.8 Å². The average molecular weight is 426 g/mol. The highest BCUT2D eigenvalue weighted by Crippen LogP contribution is 2.29. The van der Waals surface area contributed by atoms with Crippen LogP contribution < -0.4 is 4.31 Å². The van der Waals surface area contributed by atoms with E-state index in [-0.39, 0.29) is 22.8 Å². The van der Waals surface area contributed by atoms with Crippen LogP contribution in [0.3, 0.4) is 0 Å². The van der Waals surface area contributed by atoms with Gasteiger partial charge < -0.3 is 9.47 Å². The summed E-state index contributed by atoms with van der Waals surface area (Å²) < 4.78 is 37.0. The minimum Gasteiger partial charge on any atom is -0.468 e. The number of sulfonamides is 1. The zero-order valence-electron chi connectivity index (χ0n) is 15.6. The molecule has 0 saturated heterocycles. The maximum absolute atomic E-state index is 13.2. The number of carbonyl (C=O) groups excluding carboxylic acids is 2. The van der Waals surface area contributed by atoms with Crippen LogP contribution in [0.4, 0.5) is 5.69 Å². The molecule has 0 unspecified atom stereocenters. The van der Waals surface area contributed by atoms with Crippen molar-refractivity contribution >= 4 is 39.3 Å². The third-order valence-corrected chi connectivity index (χ3v) is 6.00. The fraction of sp³-hybridized carbons (Fsp3) is 0.263. The number of anilines is 1. The molecule has 0 aliphatic rings. The molecule has 0 N–H and O–H groups in total. The largest absolute Gasteiger partial charge is 0.468 e. The number of nitrogens with zero attached hydrogens (tertiary/aromatic N) is 1. The van der Waals surface area contributed by atoms with Gasteiger partial charge in [0, 0.05) is 5.02 Å². The lowest BCUT2D eigenvalue weighted by Gasteiger charge is -2.25. The molecule has 28 heavy (non-hydrogen) atoms. The summed E-state index contributed by atoms with van der Waals surface area (Å²) >= 11 is 5.84. The van der Waals surface area contributed by atoms with E-state index in [0.29, 0.717) is 10.6 Å². The van der Waals surface area contributed by atoms with E-state index in [9.17, 15) is 18.0 Å². The van der Waals surface area contributed by atoms with Gasteiger partial charge in [-0.3, -0.25) is 9.10 Å². The number of halogens is 1. The number of ether oxygens (including phenoxy) is 2. The molecule has 0 heterocycles. The maximum atomic E-state index is 13.2. The minimum absolute atomic E-state index is 0.0539. The summed E-state index contributed by atoms with van der Waals surface area (Å²) in [5.41, 5.74) is 0.744.